The van der Waals surface area contributed by atoms with Crippen LogP contribution in [0.5, 0.6) is 11.5 Å². The monoisotopic (exact) mass is 469 g/mol. The summed E-state index contributed by atoms with van der Waals surface area (Å²) < 4.78 is 5.90. The lowest BCUT2D eigenvalue weighted by Crippen LogP contribution is -3.07. The number of aliphatic imine (C=N–C) groups is 1. The number of rotatable bonds is 16. The highest BCUT2D eigenvalue weighted by Gasteiger charge is 2.26. The zero-order valence-corrected chi connectivity index (χ0v) is 20.8. The number of quaternary nitrogens is 1. The highest BCUT2D eigenvalue weighted by Crippen LogP contribution is 2.28. The predicted molar refractivity (Wildman–Crippen MR) is 135 cm³/mol. The van der Waals surface area contributed by atoms with E-state index in [1.54, 1.807) is 6.07 Å². The van der Waals surface area contributed by atoms with Crippen LogP contribution in [0.2, 0.25) is 0 Å². The van der Waals surface area contributed by atoms with Gasteiger partial charge in [0.25, 0.3) is 0 Å². The molecule has 186 valence electrons. The van der Waals surface area contributed by atoms with Gasteiger partial charge in [0.05, 0.1) is 6.10 Å². The van der Waals surface area contributed by atoms with Gasteiger partial charge in [0.2, 0.25) is 6.73 Å². The van der Waals surface area contributed by atoms with E-state index in [0.717, 1.165) is 67.7 Å². The number of unbranched alkanes of at least 4 members (excludes halogenated alkanes) is 4. The lowest BCUT2D eigenvalue weighted by atomic mass is 9.86. The van der Waals surface area contributed by atoms with Gasteiger partial charge in [-0.1, -0.05) is 58.4 Å². The number of ketones is 1. The van der Waals surface area contributed by atoms with E-state index in [1.165, 1.54) is 5.57 Å². The van der Waals surface area contributed by atoms with E-state index in [1.807, 2.05) is 30.6 Å². The molecule has 2 aliphatic rings. The number of aromatic hydroxyl groups is 1. The summed E-state index contributed by atoms with van der Waals surface area (Å²) in [6.45, 7) is 5.52. The number of benzene rings is 1. The van der Waals surface area contributed by atoms with Gasteiger partial charge in [0.15, 0.2) is 11.5 Å². The minimum atomic E-state index is -0.550. The van der Waals surface area contributed by atoms with Gasteiger partial charge in [0, 0.05) is 24.1 Å². The van der Waals surface area contributed by atoms with E-state index in [2.05, 4.69) is 18.8 Å². The molecule has 0 saturated carbocycles. The third-order valence-electron chi connectivity index (χ3n) is 6.77. The Morgan fingerprint density at radius 1 is 1.15 bits per heavy atom. The first-order valence-electron chi connectivity index (χ1n) is 13.0. The molecule has 3 rings (SSSR count). The maximum absolute atomic E-state index is 13.1. The number of nitrogens with one attached hydrogen (secondary N) is 1. The van der Waals surface area contributed by atoms with Crippen LogP contribution >= 0.6 is 0 Å². The van der Waals surface area contributed by atoms with Crippen molar-refractivity contribution in [3.8, 4) is 11.5 Å². The second-order valence-electron chi connectivity index (χ2n) is 9.56. The minimum Gasteiger partial charge on any atom is -0.504 e. The van der Waals surface area contributed by atoms with E-state index in [-0.39, 0.29) is 17.5 Å². The van der Waals surface area contributed by atoms with Gasteiger partial charge in [-0.15, -0.1) is 0 Å². The minimum absolute atomic E-state index is 0.0996. The number of aryl methyl sites for hydroxylation is 1. The van der Waals surface area contributed by atoms with E-state index >= 15 is 0 Å². The van der Waals surface area contributed by atoms with Crippen molar-refractivity contribution in [2.24, 2.45) is 10.9 Å². The van der Waals surface area contributed by atoms with Crippen LogP contribution in [0.3, 0.4) is 0 Å². The molecule has 0 saturated heterocycles. The molecule has 1 aromatic rings. The van der Waals surface area contributed by atoms with Gasteiger partial charge in [0.1, 0.15) is 24.2 Å². The normalized spacial score (nSPS) is 18.4. The summed E-state index contributed by atoms with van der Waals surface area (Å²) in [5, 5.41) is 21.0. The summed E-state index contributed by atoms with van der Waals surface area (Å²) in [5.74, 6) is 0.399. The first-order chi connectivity index (χ1) is 16.5. The van der Waals surface area contributed by atoms with Crippen molar-refractivity contribution >= 4 is 12.0 Å². The number of carbonyl (C=O) groups is 1. The van der Waals surface area contributed by atoms with Crippen LogP contribution in [0.25, 0.3) is 0 Å². The Labute approximate surface area is 204 Å². The average molecular weight is 470 g/mol. The summed E-state index contributed by atoms with van der Waals surface area (Å²) in [6.07, 6.45) is 14.1. The molecule has 3 N–H and O–H groups in total. The molecule has 0 fully saturated rings. The van der Waals surface area contributed by atoms with Gasteiger partial charge in [-0.2, -0.15) is 0 Å². The molecule has 0 spiro atoms. The number of hydrogen-bond donors (Lipinski definition) is 3. The molecule has 3 atom stereocenters. The summed E-state index contributed by atoms with van der Waals surface area (Å²) >= 11 is 0. The van der Waals surface area contributed by atoms with E-state index in [0.29, 0.717) is 31.7 Å². The van der Waals surface area contributed by atoms with Crippen molar-refractivity contribution < 1.29 is 24.6 Å². The zero-order valence-electron chi connectivity index (χ0n) is 20.8. The Morgan fingerprint density at radius 3 is 2.65 bits per heavy atom. The molecule has 3 unspecified atom stereocenters. The molecule has 0 bridgehead atoms. The maximum Gasteiger partial charge on any atom is 0.227 e. The number of phenols is 1. The SMILES string of the molecule is CCCCCC(O)C(CCCCC)C(=O)CCc1ccc(O)c(OC[NH+]2C=C3N=CC=C3C2)c1. The van der Waals surface area contributed by atoms with Crippen LogP contribution in [-0.4, -0.2) is 41.6 Å². The fourth-order valence-corrected chi connectivity index (χ4v) is 4.68. The molecule has 0 radical (unpaired) electrons. The largest absolute Gasteiger partial charge is 0.504 e. The van der Waals surface area contributed by atoms with E-state index < -0.39 is 6.10 Å². The Bertz CT molecular complexity index is 906. The molecule has 2 aliphatic heterocycles. The smallest absolute Gasteiger partial charge is 0.227 e. The molecule has 1 aromatic carbocycles. The van der Waals surface area contributed by atoms with Crippen LogP contribution in [-0.2, 0) is 11.2 Å². The lowest BCUT2D eigenvalue weighted by Gasteiger charge is -2.22. The molecular weight excluding hydrogens is 428 g/mol. The Kier molecular flexibility index (Phi) is 10.4. The number of allylic oxidation sites excluding steroid dienone is 1. The molecular formula is C28H41N2O4+. The maximum atomic E-state index is 13.1. The van der Waals surface area contributed by atoms with Gasteiger partial charge in [-0.05, 0) is 43.0 Å². The van der Waals surface area contributed by atoms with Crippen molar-refractivity contribution in [3.05, 3.63) is 47.3 Å². The number of aliphatic hydroxyl groups is 1. The number of fused-ring (bicyclic) bond motifs is 1. The molecule has 2 heterocycles. The number of nitrogens with zero attached hydrogens (tertiary/aromatic N) is 1. The number of carbonyl (C=O) groups excluding carboxylic acids is 1. The molecule has 34 heavy (non-hydrogen) atoms. The zero-order chi connectivity index (χ0) is 24.3. The fourth-order valence-electron chi connectivity index (χ4n) is 4.68. The second-order valence-corrected chi connectivity index (χ2v) is 9.56. The van der Waals surface area contributed by atoms with Crippen LogP contribution in [0, 0.1) is 5.92 Å². The Balaban J connectivity index is 1.53. The van der Waals surface area contributed by atoms with E-state index in [4.69, 9.17) is 4.74 Å². The molecule has 0 aliphatic carbocycles. The molecule has 0 aromatic heterocycles. The van der Waals surface area contributed by atoms with Gasteiger partial charge in [-0.3, -0.25) is 14.7 Å². The molecule has 6 nitrogen and oxygen atoms in total. The summed E-state index contributed by atoms with van der Waals surface area (Å²) in [7, 11) is 0. The first kappa shape index (κ1) is 26.2. The summed E-state index contributed by atoms with van der Waals surface area (Å²) in [6, 6.07) is 5.30. The fraction of sp³-hybridized carbons (Fsp3) is 0.571. The number of ether oxygens (including phenoxy) is 1. The number of Topliss-reactive ketones (excluding diaryl/α,β-unsaturated/α-hetero) is 1. The molecule has 6 heteroatoms. The topological polar surface area (TPSA) is 83.6 Å². The lowest BCUT2D eigenvalue weighted by molar-refractivity contribution is -0.854. The van der Waals surface area contributed by atoms with Crippen LogP contribution in [0.15, 0.2) is 46.7 Å². The van der Waals surface area contributed by atoms with Gasteiger partial charge in [-0.25, -0.2) is 0 Å². The first-order valence-corrected chi connectivity index (χ1v) is 13.0. The van der Waals surface area contributed by atoms with Crippen molar-refractivity contribution in [3.63, 3.8) is 0 Å². The van der Waals surface area contributed by atoms with Gasteiger partial charge >= 0.3 is 0 Å². The molecule has 0 amide bonds. The van der Waals surface area contributed by atoms with Crippen molar-refractivity contribution in [2.45, 2.75) is 84.2 Å². The highest BCUT2D eigenvalue weighted by molar-refractivity contribution is 5.82. The second kappa shape index (κ2) is 13.4. The Hall–Kier alpha value is -2.44. The van der Waals surface area contributed by atoms with Crippen LogP contribution in [0.1, 0.15) is 77.2 Å². The standard InChI is InChI=1S/C28H40N2O4/c1-3-5-7-9-23(25(31)10-8-6-4-2)26(32)13-11-21-12-14-27(33)28(17-21)34-20-30-18-22-15-16-29-24(22)19-30/h12,14-17,19,23,25,31,33H,3-11,13,18,20H2,1-2H3/p+1. The number of aliphatic hydroxyl groups excluding tert-OH is 1. The third kappa shape index (κ3) is 7.54. The van der Waals surface area contributed by atoms with Gasteiger partial charge < -0.3 is 14.9 Å². The van der Waals surface area contributed by atoms with Crippen LogP contribution in [0.4, 0.5) is 0 Å². The predicted octanol–water partition coefficient (Wildman–Crippen LogP) is 4.12. The average Bonchev–Trinajstić information content (AvgIpc) is 3.42. The van der Waals surface area contributed by atoms with Crippen molar-refractivity contribution in [1.82, 2.24) is 0 Å². The third-order valence-corrected chi connectivity index (χ3v) is 6.77. The number of phenolic OH excluding ortho intramolecular Hbond substituents is 1. The van der Waals surface area contributed by atoms with Crippen molar-refractivity contribution in [1.29, 1.82) is 0 Å². The van der Waals surface area contributed by atoms with Crippen LogP contribution < -0.4 is 9.64 Å². The van der Waals surface area contributed by atoms with E-state index in [9.17, 15) is 15.0 Å². The summed E-state index contributed by atoms with van der Waals surface area (Å²) in [4.78, 5) is 18.5. The Morgan fingerprint density at radius 2 is 1.91 bits per heavy atom. The number of hydrogen-bond acceptors (Lipinski definition) is 5. The summed E-state index contributed by atoms with van der Waals surface area (Å²) in [5.41, 5.74) is 3.16. The van der Waals surface area contributed by atoms with Crippen molar-refractivity contribution in [2.75, 3.05) is 13.3 Å². The highest BCUT2D eigenvalue weighted by atomic mass is 16.5. The quantitative estimate of drug-likeness (QED) is 0.318.